The van der Waals surface area contributed by atoms with Crippen LogP contribution >= 0.6 is 0 Å². The molecule has 1 saturated heterocycles. The first-order valence-electron chi connectivity index (χ1n) is 5.51. The number of carboxylic acid groups (broad SMARTS) is 1. The number of carboxylic acids is 1. The number of hydrogen-bond donors (Lipinski definition) is 1. The fourth-order valence-corrected chi connectivity index (χ4v) is 2.27. The van der Waals surface area contributed by atoms with Crippen molar-refractivity contribution in [1.29, 1.82) is 0 Å². The van der Waals surface area contributed by atoms with Gasteiger partial charge in [-0.15, -0.1) is 0 Å². The molecule has 0 unspecified atom stereocenters. The third-order valence-electron chi connectivity index (χ3n) is 3.03. The molecule has 0 bridgehead atoms. The zero-order valence-electron chi connectivity index (χ0n) is 9.09. The van der Waals surface area contributed by atoms with Crippen molar-refractivity contribution in [3.63, 3.8) is 0 Å². The molecule has 0 spiro atoms. The van der Waals surface area contributed by atoms with Crippen LogP contribution in [0.25, 0.3) is 0 Å². The Morgan fingerprint density at radius 2 is 2.41 bits per heavy atom. The Morgan fingerprint density at radius 1 is 1.53 bits per heavy atom. The molecule has 1 N–H and O–H groups in total. The lowest BCUT2D eigenvalue weighted by Gasteiger charge is -2.06. The van der Waals surface area contributed by atoms with Crippen molar-refractivity contribution in [3.8, 4) is 11.5 Å². The highest BCUT2D eigenvalue weighted by atomic mass is 16.7. The van der Waals surface area contributed by atoms with Crippen molar-refractivity contribution in [2.45, 2.75) is 18.6 Å². The van der Waals surface area contributed by atoms with E-state index in [-0.39, 0.29) is 18.8 Å². The molecule has 1 fully saturated rings. The highest BCUT2D eigenvalue weighted by Crippen LogP contribution is 2.45. The van der Waals surface area contributed by atoms with Crippen LogP contribution < -0.4 is 9.47 Å². The van der Waals surface area contributed by atoms with Crippen molar-refractivity contribution in [1.82, 2.24) is 0 Å². The maximum absolute atomic E-state index is 10.4. The smallest absolute Gasteiger partial charge is 0.341 e. The molecule has 2 heterocycles. The van der Waals surface area contributed by atoms with Crippen LogP contribution in [0.1, 0.15) is 17.9 Å². The number of ether oxygens (including phenoxy) is 3. The van der Waals surface area contributed by atoms with E-state index in [0.29, 0.717) is 12.4 Å². The summed E-state index contributed by atoms with van der Waals surface area (Å²) in [5.74, 6) is 0.631. The highest BCUT2D eigenvalue weighted by molar-refractivity contribution is 5.68. The van der Waals surface area contributed by atoms with Gasteiger partial charge in [-0.3, -0.25) is 0 Å². The zero-order chi connectivity index (χ0) is 11.8. The van der Waals surface area contributed by atoms with Gasteiger partial charge in [0.25, 0.3) is 0 Å². The highest BCUT2D eigenvalue weighted by Gasteiger charge is 2.39. The Balaban J connectivity index is 1.82. The number of aliphatic carboxylic acids is 1. The molecule has 0 saturated carbocycles. The minimum Gasteiger partial charge on any atom is -0.482 e. The number of hydrogen-bond acceptors (Lipinski definition) is 4. The average Bonchev–Trinajstić information content (AvgIpc) is 2.86. The predicted octanol–water partition coefficient (Wildman–Crippen LogP) is 1.37. The summed E-state index contributed by atoms with van der Waals surface area (Å²) in [5.41, 5.74) is 1.05. The van der Waals surface area contributed by atoms with E-state index in [4.69, 9.17) is 19.3 Å². The van der Waals surface area contributed by atoms with Crippen molar-refractivity contribution in [2.24, 2.45) is 0 Å². The molecule has 1 aromatic rings. The topological polar surface area (TPSA) is 65.0 Å². The van der Waals surface area contributed by atoms with Crippen LogP contribution in [0.5, 0.6) is 11.5 Å². The van der Waals surface area contributed by atoms with Gasteiger partial charge in [-0.1, -0.05) is 0 Å². The minimum atomic E-state index is -0.983. The lowest BCUT2D eigenvalue weighted by atomic mass is 9.98. The Kier molecular flexibility index (Phi) is 2.40. The van der Waals surface area contributed by atoms with Gasteiger partial charge in [-0.2, -0.15) is 0 Å². The normalized spacial score (nSPS) is 24.9. The molecule has 2 atom stereocenters. The summed E-state index contributed by atoms with van der Waals surface area (Å²) in [6, 6.07) is 5.36. The van der Waals surface area contributed by atoms with Crippen LogP contribution in [0.2, 0.25) is 0 Å². The van der Waals surface area contributed by atoms with Gasteiger partial charge in [0.05, 0.1) is 12.5 Å². The molecule has 17 heavy (non-hydrogen) atoms. The van der Waals surface area contributed by atoms with Crippen LogP contribution in [-0.4, -0.2) is 30.6 Å². The van der Waals surface area contributed by atoms with Crippen molar-refractivity contribution in [2.75, 3.05) is 13.2 Å². The summed E-state index contributed by atoms with van der Waals surface area (Å²) in [5, 5.41) is 8.55. The minimum absolute atomic E-state index is 0.181. The molecule has 5 heteroatoms. The van der Waals surface area contributed by atoms with Crippen molar-refractivity contribution < 1.29 is 24.1 Å². The van der Waals surface area contributed by atoms with E-state index in [2.05, 4.69) is 0 Å². The molecule has 3 rings (SSSR count). The Bertz CT molecular complexity index is 456. The van der Waals surface area contributed by atoms with Crippen LogP contribution in [0.15, 0.2) is 18.2 Å². The SMILES string of the molecule is O=C(O)COc1ccc2c(c1)[C@@H]1CCO[C@@H]1O2. The molecule has 5 nitrogen and oxygen atoms in total. The summed E-state index contributed by atoms with van der Waals surface area (Å²) in [7, 11) is 0. The van der Waals surface area contributed by atoms with E-state index in [9.17, 15) is 4.79 Å². The Hall–Kier alpha value is -1.75. The van der Waals surface area contributed by atoms with Gasteiger partial charge in [0.1, 0.15) is 11.5 Å². The summed E-state index contributed by atoms with van der Waals surface area (Å²) >= 11 is 0. The third kappa shape index (κ3) is 1.82. The largest absolute Gasteiger partial charge is 0.482 e. The fraction of sp³-hybridized carbons (Fsp3) is 0.417. The standard InChI is InChI=1S/C12H12O5/c13-11(14)6-16-7-1-2-10-9(5-7)8-3-4-15-12(8)17-10/h1-2,5,8,12H,3-4,6H2,(H,13,14)/t8-,12+/m0/s1. The van der Waals surface area contributed by atoms with Gasteiger partial charge >= 0.3 is 5.97 Å². The molecule has 2 aliphatic heterocycles. The maximum atomic E-state index is 10.4. The first-order chi connectivity index (χ1) is 8.24. The first-order valence-corrected chi connectivity index (χ1v) is 5.51. The van der Waals surface area contributed by atoms with Gasteiger partial charge in [-0.25, -0.2) is 4.79 Å². The summed E-state index contributed by atoms with van der Waals surface area (Å²) in [6.45, 7) is 0.374. The monoisotopic (exact) mass is 236 g/mol. The maximum Gasteiger partial charge on any atom is 0.341 e. The van der Waals surface area contributed by atoms with Crippen molar-refractivity contribution >= 4 is 5.97 Å². The Morgan fingerprint density at radius 3 is 3.24 bits per heavy atom. The van der Waals surface area contributed by atoms with Crippen LogP contribution in [0.3, 0.4) is 0 Å². The summed E-state index contributed by atoms with van der Waals surface area (Å²) < 4.78 is 16.2. The van der Waals surface area contributed by atoms with Crippen LogP contribution in [0.4, 0.5) is 0 Å². The second-order valence-corrected chi connectivity index (χ2v) is 4.13. The summed E-state index contributed by atoms with van der Waals surface area (Å²) in [6.07, 6.45) is 0.750. The van der Waals surface area contributed by atoms with Crippen LogP contribution in [0, 0.1) is 0 Å². The van der Waals surface area contributed by atoms with E-state index in [1.165, 1.54) is 0 Å². The van der Waals surface area contributed by atoms with Gasteiger partial charge in [0, 0.05) is 5.56 Å². The van der Waals surface area contributed by atoms with Gasteiger partial charge < -0.3 is 19.3 Å². The molecule has 1 aromatic carbocycles. The summed E-state index contributed by atoms with van der Waals surface area (Å²) in [4.78, 5) is 10.4. The van der Waals surface area contributed by atoms with E-state index < -0.39 is 5.97 Å². The lowest BCUT2D eigenvalue weighted by molar-refractivity contribution is -0.139. The predicted molar refractivity (Wildman–Crippen MR) is 57.3 cm³/mol. The quantitative estimate of drug-likeness (QED) is 0.858. The van der Waals surface area contributed by atoms with Crippen LogP contribution in [-0.2, 0) is 9.53 Å². The van der Waals surface area contributed by atoms with E-state index in [0.717, 1.165) is 17.7 Å². The van der Waals surface area contributed by atoms with Gasteiger partial charge in [-0.05, 0) is 24.6 Å². The molecule has 0 aliphatic carbocycles. The lowest BCUT2D eigenvalue weighted by Crippen LogP contribution is -2.13. The van der Waals surface area contributed by atoms with Crippen molar-refractivity contribution in [3.05, 3.63) is 23.8 Å². The third-order valence-corrected chi connectivity index (χ3v) is 3.03. The van der Waals surface area contributed by atoms with E-state index >= 15 is 0 Å². The molecular formula is C12H12O5. The molecule has 0 amide bonds. The van der Waals surface area contributed by atoms with E-state index in [1.807, 2.05) is 6.07 Å². The second kappa shape index (κ2) is 3.92. The van der Waals surface area contributed by atoms with E-state index in [1.54, 1.807) is 12.1 Å². The molecule has 0 radical (unpaired) electrons. The first kappa shape index (κ1) is 10.4. The number of carbonyl (C=O) groups is 1. The van der Waals surface area contributed by atoms with Gasteiger partial charge in [0.15, 0.2) is 6.61 Å². The second-order valence-electron chi connectivity index (χ2n) is 4.13. The number of benzene rings is 1. The Labute approximate surface area is 97.9 Å². The molecule has 0 aromatic heterocycles. The number of fused-ring (bicyclic) bond motifs is 3. The molecular weight excluding hydrogens is 224 g/mol. The molecule has 2 aliphatic rings. The van der Waals surface area contributed by atoms with Gasteiger partial charge in [0.2, 0.25) is 6.29 Å². The zero-order valence-corrected chi connectivity index (χ0v) is 9.09. The fourth-order valence-electron chi connectivity index (χ4n) is 2.27. The molecule has 90 valence electrons. The number of rotatable bonds is 3. The average molecular weight is 236 g/mol.